The van der Waals surface area contributed by atoms with Crippen molar-refractivity contribution in [1.82, 2.24) is 10.3 Å². The lowest BCUT2D eigenvalue weighted by Crippen LogP contribution is -2.08. The average molecular weight is 355 g/mol. The molecule has 130 valence electrons. The van der Waals surface area contributed by atoms with Crippen molar-refractivity contribution in [2.45, 2.75) is 26.4 Å². The number of halogens is 1. The number of carboxylic acids is 1. The molecule has 2 aromatic rings. The van der Waals surface area contributed by atoms with Gasteiger partial charge in [-0.15, -0.1) is 0 Å². The molecular formula is C16H19ClN2O5. The lowest BCUT2D eigenvalue weighted by Gasteiger charge is -2.16. The topological polar surface area (TPSA) is 126 Å². The minimum Gasteiger partial charge on any atom is -0.477 e. The number of hydrogen-bond donors (Lipinski definition) is 6. The minimum atomic E-state index is -1.19. The lowest BCUT2D eigenvalue weighted by atomic mass is 9.92. The number of carbonyl (C=O) groups is 1. The van der Waals surface area contributed by atoms with E-state index in [4.69, 9.17) is 11.6 Å². The molecular weight excluding hydrogens is 336 g/mol. The number of benzene rings is 1. The van der Waals surface area contributed by atoms with Crippen LogP contribution in [0.1, 0.15) is 32.9 Å². The van der Waals surface area contributed by atoms with Gasteiger partial charge >= 0.3 is 5.97 Å². The highest BCUT2D eigenvalue weighted by molar-refractivity contribution is 6.36. The molecule has 0 aliphatic heterocycles. The Kier molecular flexibility index (Phi) is 5.98. The van der Waals surface area contributed by atoms with Crippen LogP contribution in [-0.4, -0.2) is 38.4 Å². The van der Waals surface area contributed by atoms with Crippen LogP contribution >= 0.6 is 11.6 Å². The smallest absolute Gasteiger partial charge is 0.353 e. The van der Waals surface area contributed by atoms with E-state index >= 15 is 0 Å². The predicted molar refractivity (Wildman–Crippen MR) is 88.7 cm³/mol. The molecule has 7 nitrogen and oxygen atoms in total. The summed E-state index contributed by atoms with van der Waals surface area (Å²) in [5.74, 6) is -1.19. The van der Waals surface area contributed by atoms with Gasteiger partial charge in [-0.25, -0.2) is 4.79 Å². The lowest BCUT2D eigenvalue weighted by molar-refractivity contribution is 0.0691. The molecule has 0 radical (unpaired) electrons. The van der Waals surface area contributed by atoms with E-state index in [-0.39, 0.29) is 30.5 Å². The minimum absolute atomic E-state index is 0.0306. The Balaban J connectivity index is 2.78. The second kappa shape index (κ2) is 7.78. The van der Waals surface area contributed by atoms with E-state index in [1.54, 1.807) is 19.2 Å². The first-order valence-electron chi connectivity index (χ1n) is 7.24. The highest BCUT2D eigenvalue weighted by Crippen LogP contribution is 2.38. The van der Waals surface area contributed by atoms with Crippen LogP contribution < -0.4 is 5.32 Å². The Morgan fingerprint density at radius 3 is 2.33 bits per heavy atom. The summed E-state index contributed by atoms with van der Waals surface area (Å²) in [7, 11) is 1.71. The molecule has 0 aliphatic carbocycles. The number of H-pyrrole nitrogens is 1. The molecule has 1 heterocycles. The molecule has 6 N–H and O–H groups in total. The van der Waals surface area contributed by atoms with Crippen LogP contribution in [0, 0.1) is 0 Å². The second-order valence-corrected chi connectivity index (χ2v) is 5.58. The van der Waals surface area contributed by atoms with E-state index in [1.165, 1.54) is 0 Å². The van der Waals surface area contributed by atoms with Gasteiger partial charge in [-0.3, -0.25) is 0 Å². The van der Waals surface area contributed by atoms with Crippen molar-refractivity contribution in [3.05, 3.63) is 45.2 Å². The van der Waals surface area contributed by atoms with Crippen LogP contribution in [0.25, 0.3) is 11.1 Å². The van der Waals surface area contributed by atoms with Crippen molar-refractivity contribution < 1.29 is 25.2 Å². The number of aromatic nitrogens is 1. The third kappa shape index (κ3) is 3.17. The Labute approximate surface area is 143 Å². The predicted octanol–water partition coefficient (Wildman–Crippen LogP) is 1.23. The summed E-state index contributed by atoms with van der Waals surface area (Å²) in [6, 6.07) is 3.27. The van der Waals surface area contributed by atoms with E-state index in [9.17, 15) is 25.2 Å². The maximum atomic E-state index is 11.3. The van der Waals surface area contributed by atoms with Crippen LogP contribution in [0.2, 0.25) is 5.02 Å². The highest BCUT2D eigenvalue weighted by atomic mass is 35.5. The first-order chi connectivity index (χ1) is 11.5. The van der Waals surface area contributed by atoms with Crippen LogP contribution in [0.15, 0.2) is 12.1 Å². The fourth-order valence-electron chi connectivity index (χ4n) is 2.76. The highest BCUT2D eigenvalue weighted by Gasteiger charge is 2.24. The normalized spacial score (nSPS) is 11.0. The largest absolute Gasteiger partial charge is 0.477 e. The summed E-state index contributed by atoms with van der Waals surface area (Å²) in [5.41, 5.74) is 2.67. The number of carboxylic acid groups (broad SMARTS) is 1. The van der Waals surface area contributed by atoms with Crippen molar-refractivity contribution in [2.24, 2.45) is 0 Å². The van der Waals surface area contributed by atoms with Gasteiger partial charge in [0.2, 0.25) is 0 Å². The van der Waals surface area contributed by atoms with E-state index < -0.39 is 5.97 Å². The van der Waals surface area contributed by atoms with Crippen LogP contribution in [0.5, 0.6) is 0 Å². The molecule has 0 unspecified atom stereocenters. The number of nitrogens with one attached hydrogen (secondary N) is 2. The number of aromatic amines is 1. The van der Waals surface area contributed by atoms with E-state index in [2.05, 4.69) is 10.3 Å². The molecule has 1 aromatic heterocycles. The Morgan fingerprint density at radius 2 is 1.83 bits per heavy atom. The molecule has 0 saturated heterocycles. The zero-order chi connectivity index (χ0) is 17.9. The first-order valence-corrected chi connectivity index (χ1v) is 7.62. The number of rotatable bonds is 7. The average Bonchev–Trinajstić information content (AvgIpc) is 2.90. The van der Waals surface area contributed by atoms with Gasteiger partial charge in [0.05, 0.1) is 24.8 Å². The van der Waals surface area contributed by atoms with E-state index in [0.717, 1.165) is 0 Å². The van der Waals surface area contributed by atoms with Gasteiger partial charge in [-0.2, -0.15) is 0 Å². The molecule has 8 heteroatoms. The fraction of sp³-hybridized carbons (Fsp3) is 0.312. The van der Waals surface area contributed by atoms with Crippen molar-refractivity contribution in [1.29, 1.82) is 0 Å². The summed E-state index contributed by atoms with van der Waals surface area (Å²) in [6.45, 7) is -0.700. The Hall–Kier alpha value is -1.90. The van der Waals surface area contributed by atoms with Gasteiger partial charge in [0, 0.05) is 17.8 Å². The van der Waals surface area contributed by atoms with Gasteiger partial charge in [-0.1, -0.05) is 23.7 Å². The molecule has 0 spiro atoms. The van der Waals surface area contributed by atoms with Crippen LogP contribution in [0.3, 0.4) is 0 Å². The molecule has 24 heavy (non-hydrogen) atoms. The van der Waals surface area contributed by atoms with Crippen molar-refractivity contribution in [3.63, 3.8) is 0 Å². The summed E-state index contributed by atoms with van der Waals surface area (Å²) < 4.78 is 0. The first kappa shape index (κ1) is 18.4. The number of aliphatic hydroxyl groups excluding tert-OH is 3. The number of aromatic carboxylic acids is 1. The third-order valence-electron chi connectivity index (χ3n) is 3.87. The van der Waals surface area contributed by atoms with E-state index in [0.29, 0.717) is 40.1 Å². The van der Waals surface area contributed by atoms with Gasteiger partial charge in [-0.05, 0) is 29.3 Å². The van der Waals surface area contributed by atoms with Crippen LogP contribution in [0.4, 0.5) is 0 Å². The molecule has 1 aromatic carbocycles. The summed E-state index contributed by atoms with van der Waals surface area (Å²) in [6.07, 6.45) is 0. The Bertz CT molecular complexity index is 757. The fourth-order valence-corrected chi connectivity index (χ4v) is 3.11. The SMILES string of the molecule is CNCc1[nH]c(C(=O)O)c(Cl)c1-c1ccc(CO)c(CO)c1CO. The zero-order valence-corrected chi connectivity index (χ0v) is 13.8. The maximum Gasteiger partial charge on any atom is 0.353 e. The van der Waals surface area contributed by atoms with Crippen molar-refractivity contribution >= 4 is 17.6 Å². The molecule has 0 atom stereocenters. The van der Waals surface area contributed by atoms with E-state index in [1.807, 2.05) is 0 Å². The van der Waals surface area contributed by atoms with Crippen molar-refractivity contribution in [3.8, 4) is 11.1 Å². The zero-order valence-electron chi connectivity index (χ0n) is 13.1. The van der Waals surface area contributed by atoms with Gasteiger partial charge in [0.15, 0.2) is 0 Å². The molecule has 0 bridgehead atoms. The quantitative estimate of drug-likeness (QED) is 0.444. The Morgan fingerprint density at radius 1 is 1.17 bits per heavy atom. The number of hydrogen-bond acceptors (Lipinski definition) is 5. The summed E-state index contributed by atoms with van der Waals surface area (Å²) >= 11 is 6.26. The monoisotopic (exact) mass is 354 g/mol. The summed E-state index contributed by atoms with van der Waals surface area (Å²) in [4.78, 5) is 14.1. The number of aliphatic hydroxyl groups is 3. The molecule has 0 saturated carbocycles. The van der Waals surface area contributed by atoms with Crippen molar-refractivity contribution in [2.75, 3.05) is 7.05 Å². The van der Waals surface area contributed by atoms with Gasteiger partial charge in [0.1, 0.15) is 5.69 Å². The third-order valence-corrected chi connectivity index (χ3v) is 4.25. The second-order valence-electron chi connectivity index (χ2n) is 5.21. The van der Waals surface area contributed by atoms with Gasteiger partial charge in [0.25, 0.3) is 0 Å². The molecule has 0 aliphatic rings. The maximum absolute atomic E-state index is 11.3. The summed E-state index contributed by atoms with van der Waals surface area (Å²) in [5, 5.41) is 41.0. The molecule has 2 rings (SSSR count). The molecule has 0 fully saturated rings. The molecule has 0 amide bonds. The van der Waals surface area contributed by atoms with Gasteiger partial charge < -0.3 is 30.7 Å². The standard InChI is InChI=1S/C16H19ClN2O5/c1-18-4-12-13(14(17)15(19-12)16(23)24)9-3-2-8(5-20)10(6-21)11(9)7-22/h2-3,18-22H,4-7H2,1H3,(H,23,24). The van der Waals surface area contributed by atoms with Crippen LogP contribution in [-0.2, 0) is 26.4 Å².